The van der Waals surface area contributed by atoms with E-state index in [2.05, 4.69) is 77.8 Å². The molecule has 2 aliphatic heterocycles. The summed E-state index contributed by atoms with van der Waals surface area (Å²) in [6, 6.07) is 27.8. The van der Waals surface area contributed by atoms with Gasteiger partial charge in [0.05, 0.1) is 23.5 Å². The van der Waals surface area contributed by atoms with Crippen LogP contribution in [0.4, 0.5) is 5.69 Å². The molecule has 0 spiro atoms. The molecular weight excluding hydrogens is 568 g/mol. The Balaban J connectivity index is 0.000000206. The number of piperidine rings is 1. The van der Waals surface area contributed by atoms with E-state index >= 15 is 0 Å². The number of methoxy groups -OCH3 is 1. The Morgan fingerprint density at radius 2 is 1.42 bits per heavy atom. The van der Waals surface area contributed by atoms with E-state index in [1.165, 1.54) is 81.4 Å². The highest BCUT2D eigenvalue weighted by Crippen LogP contribution is 2.42. The molecule has 3 aromatic rings. The normalized spacial score (nSPS) is 17.9. The van der Waals surface area contributed by atoms with Crippen LogP contribution < -0.4 is 11.1 Å². The molecule has 1 saturated heterocycles. The number of nitrogens with one attached hydrogen (secondary N) is 1. The summed E-state index contributed by atoms with van der Waals surface area (Å²) in [5, 5.41) is 13.8. The number of amides is 1. The highest BCUT2D eigenvalue weighted by atomic mass is 16.6. The second kappa shape index (κ2) is 14.8. The minimum absolute atomic E-state index is 0.0886. The van der Waals surface area contributed by atoms with Crippen molar-refractivity contribution in [2.75, 3.05) is 26.7 Å². The number of carbonyl (C=O) groups is 2. The van der Waals surface area contributed by atoms with Crippen LogP contribution in [0.25, 0.3) is 0 Å². The largest absolute Gasteiger partial charge is 0.466 e. The van der Waals surface area contributed by atoms with E-state index in [-0.39, 0.29) is 22.2 Å². The number of rotatable bonds is 8. The van der Waals surface area contributed by atoms with Gasteiger partial charge in [0.15, 0.2) is 0 Å². The van der Waals surface area contributed by atoms with E-state index in [1.807, 2.05) is 0 Å². The third-order valence-electron chi connectivity index (χ3n) is 8.77. The molecule has 1 amide bonds. The molecule has 0 saturated carbocycles. The highest BCUT2D eigenvalue weighted by Gasteiger charge is 2.38. The van der Waals surface area contributed by atoms with E-state index in [9.17, 15) is 19.7 Å². The van der Waals surface area contributed by atoms with Gasteiger partial charge in [0.2, 0.25) is 5.91 Å². The molecule has 3 aromatic carbocycles. The van der Waals surface area contributed by atoms with Crippen LogP contribution in [0.1, 0.15) is 62.6 Å². The molecule has 9 nitrogen and oxygen atoms in total. The van der Waals surface area contributed by atoms with E-state index in [1.54, 1.807) is 13.8 Å². The average Bonchev–Trinajstić information content (AvgIpc) is 3.05. The SMILES string of the molecule is CCCN1CCC(c2ccccc2)(c2ccccc2)CC1.COC(=O)C1=C(C)NC(C)=C(C(N)=O)C1c1ccc([N+](=O)[O-])cc1. The van der Waals surface area contributed by atoms with Gasteiger partial charge in [0.25, 0.3) is 5.69 Å². The monoisotopic (exact) mass is 610 g/mol. The first-order valence-electron chi connectivity index (χ1n) is 15.3. The summed E-state index contributed by atoms with van der Waals surface area (Å²) >= 11 is 0. The number of ether oxygens (including phenoxy) is 1. The molecule has 9 heteroatoms. The van der Waals surface area contributed by atoms with Gasteiger partial charge in [-0.15, -0.1) is 0 Å². The van der Waals surface area contributed by atoms with Crippen LogP contribution >= 0.6 is 0 Å². The Labute approximate surface area is 264 Å². The summed E-state index contributed by atoms with van der Waals surface area (Å²) in [5.41, 5.74) is 10.6. The lowest BCUT2D eigenvalue weighted by Crippen LogP contribution is -2.43. The predicted octanol–water partition coefficient (Wildman–Crippen LogP) is 5.97. The van der Waals surface area contributed by atoms with Crippen molar-refractivity contribution < 1.29 is 19.2 Å². The number of benzene rings is 3. The number of primary amides is 1. The Kier molecular flexibility index (Phi) is 10.9. The van der Waals surface area contributed by atoms with Gasteiger partial charge >= 0.3 is 5.97 Å². The van der Waals surface area contributed by atoms with Crippen molar-refractivity contribution in [3.8, 4) is 0 Å². The number of non-ortho nitro benzene ring substituents is 1. The van der Waals surface area contributed by atoms with Crippen LogP contribution in [0.3, 0.4) is 0 Å². The van der Waals surface area contributed by atoms with Crippen LogP contribution in [0.2, 0.25) is 0 Å². The van der Waals surface area contributed by atoms with Gasteiger partial charge in [-0.3, -0.25) is 14.9 Å². The molecule has 0 aromatic heterocycles. The lowest BCUT2D eigenvalue weighted by molar-refractivity contribution is -0.384. The molecular formula is C36H42N4O5. The van der Waals surface area contributed by atoms with E-state index < -0.39 is 22.7 Å². The summed E-state index contributed by atoms with van der Waals surface area (Å²) in [4.78, 5) is 37.0. The number of nitrogens with zero attached hydrogens (tertiary/aromatic N) is 2. The number of nitro groups is 1. The number of dihydropyridines is 1. The number of likely N-dealkylation sites (tertiary alicyclic amines) is 1. The maximum absolute atomic E-state index is 12.2. The average molecular weight is 611 g/mol. The molecule has 236 valence electrons. The summed E-state index contributed by atoms with van der Waals surface area (Å²) in [7, 11) is 1.24. The maximum atomic E-state index is 12.2. The topological polar surface area (TPSA) is 128 Å². The van der Waals surface area contributed by atoms with E-state index in [0.29, 0.717) is 17.0 Å². The van der Waals surface area contributed by atoms with Gasteiger partial charge in [-0.1, -0.05) is 79.7 Å². The number of nitrogens with two attached hydrogens (primary N) is 1. The van der Waals surface area contributed by atoms with Crippen LogP contribution in [-0.4, -0.2) is 48.4 Å². The fourth-order valence-corrected chi connectivity index (χ4v) is 6.56. The highest BCUT2D eigenvalue weighted by molar-refractivity contribution is 6.01. The zero-order valence-corrected chi connectivity index (χ0v) is 26.4. The smallest absolute Gasteiger partial charge is 0.336 e. The molecule has 45 heavy (non-hydrogen) atoms. The Morgan fingerprint density at radius 3 is 1.87 bits per heavy atom. The molecule has 1 unspecified atom stereocenters. The van der Waals surface area contributed by atoms with E-state index in [4.69, 9.17) is 10.5 Å². The number of hydrogen-bond donors (Lipinski definition) is 2. The first kappa shape index (κ1) is 33.1. The van der Waals surface area contributed by atoms with Gasteiger partial charge in [-0.2, -0.15) is 0 Å². The fourth-order valence-electron chi connectivity index (χ4n) is 6.56. The van der Waals surface area contributed by atoms with Crippen molar-refractivity contribution >= 4 is 17.6 Å². The minimum Gasteiger partial charge on any atom is -0.466 e. The summed E-state index contributed by atoms with van der Waals surface area (Å²) in [5.74, 6) is -2.04. The summed E-state index contributed by atoms with van der Waals surface area (Å²) in [6.07, 6.45) is 3.70. The molecule has 0 radical (unpaired) electrons. The first-order valence-corrected chi connectivity index (χ1v) is 15.3. The zero-order chi connectivity index (χ0) is 32.6. The molecule has 0 bridgehead atoms. The van der Waals surface area contributed by atoms with Crippen molar-refractivity contribution in [2.45, 2.75) is 51.4 Å². The second-order valence-electron chi connectivity index (χ2n) is 11.5. The number of nitro benzene ring substituents is 1. The van der Waals surface area contributed by atoms with Gasteiger partial charge in [0.1, 0.15) is 0 Å². The molecule has 3 N–H and O–H groups in total. The minimum atomic E-state index is -0.753. The van der Waals surface area contributed by atoms with Gasteiger partial charge in [-0.05, 0) is 69.4 Å². The summed E-state index contributed by atoms with van der Waals surface area (Å²) in [6.45, 7) is 9.28. The summed E-state index contributed by atoms with van der Waals surface area (Å²) < 4.78 is 4.82. The van der Waals surface area contributed by atoms with Crippen molar-refractivity contribution in [2.24, 2.45) is 5.73 Å². The molecule has 2 heterocycles. The van der Waals surface area contributed by atoms with Crippen LogP contribution in [-0.2, 0) is 19.7 Å². The first-order chi connectivity index (χ1) is 21.6. The fraction of sp³-hybridized carbons (Fsp3) is 0.333. The number of hydrogen-bond acceptors (Lipinski definition) is 7. The van der Waals surface area contributed by atoms with Crippen molar-refractivity contribution in [3.63, 3.8) is 0 Å². The lowest BCUT2D eigenvalue weighted by Gasteiger charge is -2.43. The van der Waals surface area contributed by atoms with Crippen LogP contribution in [0, 0.1) is 10.1 Å². The third-order valence-corrected chi connectivity index (χ3v) is 8.77. The second-order valence-corrected chi connectivity index (χ2v) is 11.5. The van der Waals surface area contributed by atoms with E-state index in [0.717, 1.165) is 0 Å². The van der Waals surface area contributed by atoms with Crippen LogP contribution in [0.5, 0.6) is 0 Å². The molecule has 0 aliphatic carbocycles. The predicted molar refractivity (Wildman–Crippen MR) is 175 cm³/mol. The molecule has 5 rings (SSSR count). The van der Waals surface area contributed by atoms with Crippen molar-refractivity contribution in [1.29, 1.82) is 0 Å². The number of carbonyl (C=O) groups excluding carboxylic acids is 2. The molecule has 1 atom stereocenters. The zero-order valence-electron chi connectivity index (χ0n) is 26.4. The molecule has 2 aliphatic rings. The quantitative estimate of drug-likeness (QED) is 0.183. The Bertz CT molecular complexity index is 1520. The van der Waals surface area contributed by atoms with Gasteiger partial charge in [-0.25, -0.2) is 4.79 Å². The Morgan fingerprint density at radius 1 is 0.911 bits per heavy atom. The van der Waals surface area contributed by atoms with Gasteiger partial charge in [0, 0.05) is 34.5 Å². The lowest BCUT2D eigenvalue weighted by atomic mass is 9.68. The number of allylic oxidation sites excluding steroid dienone is 2. The third kappa shape index (κ3) is 7.32. The van der Waals surface area contributed by atoms with Crippen molar-refractivity contribution in [3.05, 3.63) is 134 Å². The van der Waals surface area contributed by atoms with Gasteiger partial charge < -0.3 is 20.7 Å². The molecule has 1 fully saturated rings. The Hall–Kier alpha value is -4.76. The number of esters is 1. The maximum Gasteiger partial charge on any atom is 0.336 e. The standard InChI is InChI=1S/C20H25N.C16H17N3O5/c1-2-15-21-16-13-20(14-17-21,18-9-5-3-6-10-18)19-11-7-4-8-12-19;1-8-12(15(17)20)14(13(9(2)18-8)16(21)24-3)10-4-6-11(7-5-10)19(22)23/h3-12H,2,13-17H2,1H3;4-7,14,18H,1-3H3,(H2,17,20). The van der Waals surface area contributed by atoms with Crippen LogP contribution in [0.15, 0.2) is 107 Å². The van der Waals surface area contributed by atoms with Crippen molar-refractivity contribution in [1.82, 2.24) is 10.2 Å².